The van der Waals surface area contributed by atoms with Gasteiger partial charge in [-0.05, 0) is 36.1 Å². The molecule has 0 unspecified atom stereocenters. The Morgan fingerprint density at radius 1 is 0.852 bits per heavy atom. The summed E-state index contributed by atoms with van der Waals surface area (Å²) in [6.45, 7) is 0.227. The number of rotatable bonds is 3. The molecule has 0 fully saturated rings. The Balaban J connectivity index is 0.000000159. The zero-order chi connectivity index (χ0) is 19.2. The van der Waals surface area contributed by atoms with E-state index in [0.29, 0.717) is 25.7 Å². The van der Waals surface area contributed by atoms with E-state index in [1.807, 2.05) is 24.3 Å². The topological polar surface area (TPSA) is 72.8 Å². The Bertz CT molecular complexity index is 841. The lowest BCUT2D eigenvalue weighted by Gasteiger charge is -2.18. The third-order valence-electron chi connectivity index (χ3n) is 4.90. The molecule has 0 atom stereocenters. The molecule has 0 aromatic heterocycles. The van der Waals surface area contributed by atoms with Crippen LogP contribution in [0.3, 0.4) is 0 Å². The van der Waals surface area contributed by atoms with Gasteiger partial charge >= 0.3 is 0 Å². The highest BCUT2D eigenvalue weighted by Crippen LogP contribution is 2.28. The molecule has 0 amide bonds. The van der Waals surface area contributed by atoms with E-state index < -0.39 is 0 Å². The maximum absolute atomic E-state index is 11.4. The fourth-order valence-corrected chi connectivity index (χ4v) is 3.48. The predicted molar refractivity (Wildman–Crippen MR) is 101 cm³/mol. The molecule has 2 aliphatic carbocycles. The van der Waals surface area contributed by atoms with Crippen LogP contribution in [0.2, 0.25) is 0 Å². The Hall–Kier alpha value is -2.66. The van der Waals surface area contributed by atoms with Crippen molar-refractivity contribution in [2.24, 2.45) is 0 Å². The van der Waals surface area contributed by atoms with Crippen molar-refractivity contribution in [1.82, 2.24) is 0 Å². The minimum atomic E-state index is 0.226. The summed E-state index contributed by atoms with van der Waals surface area (Å²) in [5, 5.41) is 9.42. The summed E-state index contributed by atoms with van der Waals surface area (Å²) in [6.07, 6.45) is 3.79. The van der Waals surface area contributed by atoms with Crippen molar-refractivity contribution >= 4 is 11.6 Å². The van der Waals surface area contributed by atoms with Crippen LogP contribution in [0.15, 0.2) is 36.4 Å². The third-order valence-corrected chi connectivity index (χ3v) is 4.90. The van der Waals surface area contributed by atoms with Crippen molar-refractivity contribution < 1.29 is 24.2 Å². The van der Waals surface area contributed by atoms with Crippen LogP contribution in [-0.2, 0) is 40.0 Å². The number of hydrogen-bond donors (Lipinski definition) is 1. The van der Waals surface area contributed by atoms with Gasteiger partial charge in [-0.25, -0.2) is 0 Å². The van der Waals surface area contributed by atoms with E-state index in [-0.39, 0.29) is 24.1 Å². The van der Waals surface area contributed by atoms with Crippen molar-refractivity contribution in [2.45, 2.75) is 38.5 Å². The number of ketones is 2. The first-order valence-corrected chi connectivity index (χ1v) is 9.14. The molecule has 2 aliphatic rings. The van der Waals surface area contributed by atoms with Crippen LogP contribution >= 0.6 is 0 Å². The number of benzene rings is 2. The first kappa shape index (κ1) is 19.1. The quantitative estimate of drug-likeness (QED) is 0.843. The van der Waals surface area contributed by atoms with Gasteiger partial charge in [0.15, 0.2) is 6.79 Å². The molecular formula is C22H24O5. The molecule has 0 radical (unpaired) electrons. The van der Waals surface area contributed by atoms with Gasteiger partial charge in [-0.1, -0.05) is 24.3 Å². The van der Waals surface area contributed by atoms with Gasteiger partial charge in [0.1, 0.15) is 23.1 Å². The summed E-state index contributed by atoms with van der Waals surface area (Å²) in [5.74, 6) is 1.56. The van der Waals surface area contributed by atoms with E-state index in [0.717, 1.165) is 35.3 Å². The minimum absolute atomic E-state index is 0.226. The van der Waals surface area contributed by atoms with Crippen molar-refractivity contribution in [3.8, 4) is 11.5 Å². The minimum Gasteiger partial charge on any atom is -0.508 e. The largest absolute Gasteiger partial charge is 0.508 e. The molecule has 5 nitrogen and oxygen atoms in total. The molecule has 142 valence electrons. The van der Waals surface area contributed by atoms with Gasteiger partial charge < -0.3 is 14.6 Å². The number of fused-ring (bicyclic) bond motifs is 2. The summed E-state index contributed by atoms with van der Waals surface area (Å²) >= 11 is 0. The lowest BCUT2D eigenvalue weighted by molar-refractivity contribution is -0.119. The maximum Gasteiger partial charge on any atom is 0.188 e. The van der Waals surface area contributed by atoms with Crippen LogP contribution in [0.1, 0.15) is 35.1 Å². The highest BCUT2D eigenvalue weighted by Gasteiger charge is 2.19. The summed E-state index contributed by atoms with van der Waals surface area (Å²) in [7, 11) is 1.58. The Morgan fingerprint density at radius 3 is 2.11 bits per heavy atom. The van der Waals surface area contributed by atoms with Gasteiger partial charge in [0.05, 0.1) is 0 Å². The lowest BCUT2D eigenvalue weighted by Crippen LogP contribution is -2.15. The highest BCUT2D eigenvalue weighted by atomic mass is 16.7. The molecular weight excluding hydrogens is 344 g/mol. The van der Waals surface area contributed by atoms with Crippen molar-refractivity contribution in [1.29, 1.82) is 0 Å². The predicted octanol–water partition coefficient (Wildman–Crippen LogP) is 3.18. The molecule has 27 heavy (non-hydrogen) atoms. The average molecular weight is 368 g/mol. The summed E-state index contributed by atoms with van der Waals surface area (Å²) in [6, 6.07) is 11.3. The maximum atomic E-state index is 11.4. The number of aryl methyl sites for hydroxylation is 2. The number of Topliss-reactive ketones (excluding diaryl/α,β-unsaturated/α-hetero) is 2. The number of hydrogen-bond acceptors (Lipinski definition) is 5. The number of phenols is 1. The highest BCUT2D eigenvalue weighted by molar-refractivity contribution is 5.84. The second-order valence-electron chi connectivity index (χ2n) is 6.79. The summed E-state index contributed by atoms with van der Waals surface area (Å²) in [5.41, 5.74) is 4.21. The van der Waals surface area contributed by atoms with E-state index in [1.54, 1.807) is 13.2 Å². The van der Waals surface area contributed by atoms with Crippen LogP contribution in [-0.4, -0.2) is 30.6 Å². The second-order valence-corrected chi connectivity index (χ2v) is 6.79. The molecule has 0 saturated heterocycles. The molecule has 5 heteroatoms. The normalized spacial score (nSPS) is 15.3. The fraction of sp³-hybridized carbons (Fsp3) is 0.364. The fourth-order valence-electron chi connectivity index (χ4n) is 3.48. The monoisotopic (exact) mass is 368 g/mol. The molecule has 0 aliphatic heterocycles. The number of phenolic OH excluding ortho intramolecular Hbond substituents is 1. The molecule has 0 spiro atoms. The Morgan fingerprint density at radius 2 is 1.44 bits per heavy atom. The van der Waals surface area contributed by atoms with Gasteiger partial charge in [0.2, 0.25) is 0 Å². The third kappa shape index (κ3) is 4.74. The first-order chi connectivity index (χ1) is 13.1. The Kier molecular flexibility index (Phi) is 6.24. The van der Waals surface area contributed by atoms with Gasteiger partial charge in [-0.3, -0.25) is 9.59 Å². The van der Waals surface area contributed by atoms with Gasteiger partial charge in [0, 0.05) is 43.9 Å². The van der Waals surface area contributed by atoms with Gasteiger partial charge in [0.25, 0.3) is 0 Å². The first-order valence-electron chi connectivity index (χ1n) is 9.14. The van der Waals surface area contributed by atoms with Gasteiger partial charge in [-0.15, -0.1) is 0 Å². The zero-order valence-electron chi connectivity index (χ0n) is 15.5. The molecule has 0 bridgehead atoms. The molecule has 2 aromatic carbocycles. The standard InChI is InChI=1S/C12H14O3.C10H10O2/c1-14-8-15-12-4-2-3-9-5-6-10(13)7-11(9)12;11-8-5-4-7-2-1-3-10(12)9(7)6-8/h2-4H,5-8H2,1H3;1-3,12H,4-6H2. The van der Waals surface area contributed by atoms with E-state index in [1.165, 1.54) is 5.56 Å². The molecule has 4 rings (SSSR count). The van der Waals surface area contributed by atoms with E-state index >= 15 is 0 Å². The average Bonchev–Trinajstić information content (AvgIpc) is 2.67. The van der Waals surface area contributed by atoms with Crippen molar-refractivity contribution in [3.63, 3.8) is 0 Å². The number of carbonyl (C=O) groups excluding carboxylic acids is 2. The zero-order valence-corrected chi connectivity index (χ0v) is 15.5. The van der Waals surface area contributed by atoms with Crippen LogP contribution in [0.25, 0.3) is 0 Å². The van der Waals surface area contributed by atoms with Crippen LogP contribution in [0.5, 0.6) is 11.5 Å². The summed E-state index contributed by atoms with van der Waals surface area (Å²) in [4.78, 5) is 22.4. The lowest BCUT2D eigenvalue weighted by atomic mass is 9.90. The van der Waals surface area contributed by atoms with Crippen LogP contribution < -0.4 is 4.74 Å². The molecule has 1 N–H and O–H groups in total. The molecule has 0 heterocycles. The number of ether oxygens (including phenoxy) is 2. The SMILES string of the molecule is COCOc1cccc2c1CC(=O)CC2.O=C1CCc2cccc(O)c2C1. The smallest absolute Gasteiger partial charge is 0.188 e. The number of aromatic hydroxyl groups is 1. The Labute approximate surface area is 158 Å². The van der Waals surface area contributed by atoms with Gasteiger partial charge in [-0.2, -0.15) is 0 Å². The van der Waals surface area contributed by atoms with E-state index in [4.69, 9.17) is 9.47 Å². The van der Waals surface area contributed by atoms with Crippen LogP contribution in [0.4, 0.5) is 0 Å². The van der Waals surface area contributed by atoms with Crippen LogP contribution in [0, 0.1) is 0 Å². The van der Waals surface area contributed by atoms with Crippen molar-refractivity contribution in [3.05, 3.63) is 58.7 Å². The molecule has 0 saturated carbocycles. The number of carbonyl (C=O) groups is 2. The summed E-state index contributed by atoms with van der Waals surface area (Å²) < 4.78 is 10.3. The molecule has 2 aromatic rings. The van der Waals surface area contributed by atoms with E-state index in [2.05, 4.69) is 6.07 Å². The van der Waals surface area contributed by atoms with Crippen molar-refractivity contribution in [2.75, 3.05) is 13.9 Å². The number of methoxy groups -OCH3 is 1. The van der Waals surface area contributed by atoms with E-state index in [9.17, 15) is 14.7 Å². The second kappa shape index (κ2) is 8.82.